The number of anilines is 2. The first-order chi connectivity index (χ1) is 37.6. The van der Waals surface area contributed by atoms with Crippen LogP contribution in [0.3, 0.4) is 0 Å². The molecule has 2 bridgehead atoms. The van der Waals surface area contributed by atoms with Crippen molar-refractivity contribution >= 4 is 40.3 Å². The van der Waals surface area contributed by atoms with Crippen molar-refractivity contribution in [1.29, 1.82) is 0 Å². The van der Waals surface area contributed by atoms with Gasteiger partial charge in [-0.15, -0.1) is 10.2 Å². The molecule has 17 nitrogen and oxygen atoms in total. The Kier molecular flexibility index (Phi) is 12.6. The largest absolute Gasteiger partial charge is 0.507 e. The highest BCUT2D eigenvalue weighted by molar-refractivity contribution is 5.96. The van der Waals surface area contributed by atoms with Gasteiger partial charge in [-0.25, -0.2) is 29.7 Å². The Hall–Kier alpha value is -7.02. The maximum Gasteiger partial charge on any atom is 0.246 e. The molecular formula is C60H69FN12O5. The van der Waals surface area contributed by atoms with Gasteiger partial charge in [-0.1, -0.05) is 75.4 Å². The van der Waals surface area contributed by atoms with Gasteiger partial charge in [-0.3, -0.25) is 9.59 Å². The van der Waals surface area contributed by atoms with Crippen LogP contribution in [0.25, 0.3) is 33.4 Å². The lowest BCUT2D eigenvalue weighted by Crippen LogP contribution is -2.62. The normalized spacial score (nSPS) is 28.6. The average molecular weight is 1060 g/mol. The topological polar surface area (TPSA) is 201 Å². The molecule has 18 heteroatoms. The summed E-state index contributed by atoms with van der Waals surface area (Å²) in [6.07, 6.45) is 13.9. The second kappa shape index (κ2) is 19.4. The monoisotopic (exact) mass is 1060 g/mol. The van der Waals surface area contributed by atoms with Gasteiger partial charge in [-0.05, 0) is 124 Å². The number of aliphatic hydroxyl groups excluding tert-OH is 1. The molecule has 0 radical (unpaired) electrons. The molecular weight excluding hydrogens is 988 g/mol. The maximum atomic E-state index is 14.6. The summed E-state index contributed by atoms with van der Waals surface area (Å²) in [4.78, 5) is 62.1. The Morgan fingerprint density at radius 3 is 2.24 bits per heavy atom. The van der Waals surface area contributed by atoms with E-state index in [-0.39, 0.29) is 47.7 Å². The van der Waals surface area contributed by atoms with Crippen molar-refractivity contribution in [2.45, 2.75) is 133 Å². The average Bonchev–Trinajstić information content (AvgIpc) is 4.34. The van der Waals surface area contributed by atoms with Crippen molar-refractivity contribution < 1.29 is 29.0 Å². The lowest BCUT2D eigenvalue weighted by molar-refractivity contribution is -0.149. The second-order valence-corrected chi connectivity index (χ2v) is 24.6. The zero-order valence-electron chi connectivity index (χ0n) is 44.8. The number of hydroxylamine groups is 1. The fourth-order valence-corrected chi connectivity index (χ4v) is 14.1. The van der Waals surface area contributed by atoms with Crippen molar-refractivity contribution in [2.75, 3.05) is 42.5 Å². The van der Waals surface area contributed by atoms with Gasteiger partial charge in [0.1, 0.15) is 23.4 Å². The number of amidine groups is 1. The number of aliphatic imine (C=N–C) groups is 1. The summed E-state index contributed by atoms with van der Waals surface area (Å²) in [6, 6.07) is 23.0. The number of aromatic hydroxyl groups is 1. The number of nitrogens with one attached hydrogen (secondary N) is 3. The molecule has 6 atom stereocenters. The molecule has 1 spiro atoms. The first kappa shape index (κ1) is 50.5. The Morgan fingerprint density at radius 1 is 0.859 bits per heavy atom. The zero-order chi connectivity index (χ0) is 53.7. The van der Waals surface area contributed by atoms with E-state index >= 15 is 0 Å². The summed E-state index contributed by atoms with van der Waals surface area (Å²) in [5, 5.41) is 34.5. The van der Waals surface area contributed by atoms with Gasteiger partial charge < -0.3 is 40.1 Å². The van der Waals surface area contributed by atoms with Crippen LogP contribution >= 0.6 is 0 Å². The van der Waals surface area contributed by atoms with Crippen molar-refractivity contribution in [1.82, 2.24) is 45.7 Å². The number of aromatic nitrogens is 5. The summed E-state index contributed by atoms with van der Waals surface area (Å²) < 4.78 is 14.5. The number of fused-ring (bicyclic) bond motifs is 3. The van der Waals surface area contributed by atoms with Crippen LogP contribution in [0, 0.1) is 22.6 Å². The first-order valence-corrected chi connectivity index (χ1v) is 28.0. The van der Waals surface area contributed by atoms with Crippen LogP contribution in [0.15, 0.2) is 102 Å². The maximum absolute atomic E-state index is 14.6. The number of aliphatic hydroxyl groups is 1. The van der Waals surface area contributed by atoms with Crippen molar-refractivity contribution in [3.63, 3.8) is 0 Å². The minimum atomic E-state index is -1.12. The molecule has 2 amide bonds. The SMILES string of the molecule is CC(C)(C)[C@H](NC(=O)C1CC2(C1)CC(N1CCC(c3cnc(N4C5CCC4CN(c4c[nH]c6nnc(-c7ccccc7O)cc46)C5)nc3)CC1)C2)C(=O)N1C[C@H](O)C[C@H]1C1=N[C@@](C)(c2ccc(-c3ccccc3F)cc2)ON1. The number of aromatic amines is 1. The van der Waals surface area contributed by atoms with Crippen molar-refractivity contribution in [3.8, 4) is 28.1 Å². The standard InChI is InChI=1S/C60H69FN12O5/c1-58(2,3)52(56(77)72-34-43(74)23-49(72)54-66-59(4,78-69-54)39-15-13-36(14-16-39)44-9-5-7-11-47(44)61)65-55(76)37-25-60(26-37)27-42(28-60)70-21-19-35(20-22-70)38-29-63-57(64-30-38)73-40-17-18-41(73)33-71(32-40)50-31-62-53-46(50)24-48(67-68-53)45-10-6-8-12-51(45)75/h5-16,24,29-31,35,37,40-43,49,52,74-75H,17-23,25-28,32-34H2,1-4H3,(H,62,68)(H,65,76)(H,66,69)/t37?,40?,41?,42?,43-,49+,52-,59-,60?/m1/s1. The highest BCUT2D eigenvalue weighted by atomic mass is 19.1. The molecule has 7 aliphatic rings. The summed E-state index contributed by atoms with van der Waals surface area (Å²) in [5.74, 6) is 1.09. The number of phenols is 1. The fraction of sp³-hybridized carbons (Fsp3) is 0.483. The summed E-state index contributed by atoms with van der Waals surface area (Å²) in [5.41, 5.74) is 7.76. The molecule has 5 aliphatic heterocycles. The van der Waals surface area contributed by atoms with Gasteiger partial charge in [0.25, 0.3) is 0 Å². The van der Waals surface area contributed by atoms with E-state index in [9.17, 15) is 24.2 Å². The third-order valence-electron chi connectivity index (χ3n) is 18.5. The number of benzene rings is 3. The third-order valence-corrected chi connectivity index (χ3v) is 18.5. The molecule has 5 N–H and O–H groups in total. The third kappa shape index (κ3) is 9.12. The number of rotatable bonds is 11. The van der Waals surface area contributed by atoms with Crippen molar-refractivity contribution in [3.05, 3.63) is 114 Å². The summed E-state index contributed by atoms with van der Waals surface area (Å²) >= 11 is 0. The van der Waals surface area contributed by atoms with E-state index < -0.39 is 29.3 Å². The number of para-hydroxylation sites is 1. The number of β-amino-alcohol motifs (C(OH)–C–C–N with tert-alkyl or cyclic N) is 1. The molecule has 8 heterocycles. The Morgan fingerprint density at radius 2 is 1.55 bits per heavy atom. The van der Waals surface area contributed by atoms with Crippen LogP contribution in [0.5, 0.6) is 5.75 Å². The van der Waals surface area contributed by atoms with Crippen LogP contribution in [-0.4, -0.2) is 132 Å². The second-order valence-electron chi connectivity index (χ2n) is 24.6. The highest BCUT2D eigenvalue weighted by Gasteiger charge is 2.57. The van der Waals surface area contributed by atoms with Crippen LogP contribution in [0.4, 0.5) is 16.0 Å². The number of carbonyl (C=O) groups excluding carboxylic acids is 2. The van der Waals surface area contributed by atoms with Crippen molar-refractivity contribution in [2.24, 2.45) is 21.7 Å². The Labute approximate surface area is 453 Å². The van der Waals surface area contributed by atoms with E-state index in [2.05, 4.69) is 53.1 Å². The summed E-state index contributed by atoms with van der Waals surface area (Å²) in [7, 11) is 0. The van der Waals surface area contributed by atoms with E-state index in [1.807, 2.05) is 76.4 Å². The molecule has 3 aromatic heterocycles. The number of piperazine rings is 1. The van der Waals surface area contributed by atoms with Gasteiger partial charge in [-0.2, -0.15) is 0 Å². The fourth-order valence-electron chi connectivity index (χ4n) is 14.1. The Balaban J connectivity index is 0.581. The molecule has 2 saturated carbocycles. The van der Waals surface area contributed by atoms with E-state index in [1.54, 1.807) is 35.2 Å². The molecule has 6 aromatic rings. The van der Waals surface area contributed by atoms with E-state index in [1.165, 1.54) is 11.6 Å². The number of halogens is 1. The molecule has 406 valence electrons. The first-order valence-electron chi connectivity index (χ1n) is 28.0. The number of nitrogens with zero attached hydrogens (tertiary/aromatic N) is 9. The number of likely N-dealkylation sites (tertiary alicyclic amines) is 2. The number of amides is 2. The van der Waals surface area contributed by atoms with E-state index in [0.29, 0.717) is 46.7 Å². The number of H-pyrrole nitrogens is 1. The van der Waals surface area contributed by atoms with Gasteiger partial charge in [0, 0.05) is 90.8 Å². The lowest BCUT2D eigenvalue weighted by atomic mass is 9.49. The number of hydrogen-bond acceptors (Lipinski definition) is 14. The summed E-state index contributed by atoms with van der Waals surface area (Å²) in [6.45, 7) is 11.6. The molecule has 13 rings (SSSR count). The van der Waals surface area contributed by atoms with Gasteiger partial charge in [0.15, 0.2) is 5.65 Å². The van der Waals surface area contributed by atoms with Gasteiger partial charge in [0.2, 0.25) is 23.5 Å². The van der Waals surface area contributed by atoms with Crippen LogP contribution in [-0.2, 0) is 20.2 Å². The lowest BCUT2D eigenvalue weighted by Gasteiger charge is -2.60. The number of piperidine rings is 1. The number of carbonyl (C=O) groups is 2. The number of phenolic OH excluding ortho intramolecular Hbond substituents is 1. The predicted octanol–water partition coefficient (Wildman–Crippen LogP) is 7.82. The molecule has 6 fully saturated rings. The van der Waals surface area contributed by atoms with E-state index in [0.717, 1.165) is 111 Å². The van der Waals surface area contributed by atoms with Gasteiger partial charge in [0.05, 0.1) is 23.5 Å². The van der Waals surface area contributed by atoms with Crippen LogP contribution < -0.4 is 20.6 Å². The molecule has 3 aromatic carbocycles. The van der Waals surface area contributed by atoms with Crippen LogP contribution in [0.2, 0.25) is 0 Å². The quantitative estimate of drug-likeness (QED) is 0.0842. The zero-order valence-corrected chi connectivity index (χ0v) is 44.8. The van der Waals surface area contributed by atoms with Gasteiger partial charge >= 0.3 is 0 Å². The molecule has 78 heavy (non-hydrogen) atoms. The molecule has 4 saturated heterocycles. The van der Waals surface area contributed by atoms with Crippen LogP contribution in [0.1, 0.15) is 103 Å². The molecule has 2 unspecified atom stereocenters. The predicted molar refractivity (Wildman–Crippen MR) is 295 cm³/mol. The van der Waals surface area contributed by atoms with E-state index in [4.69, 9.17) is 19.8 Å². The Bertz CT molecular complexity index is 3260. The minimum absolute atomic E-state index is 0.0780. The molecule has 2 aliphatic carbocycles. The smallest absolute Gasteiger partial charge is 0.246 e. The minimum Gasteiger partial charge on any atom is -0.507 e. The number of hydrogen-bond donors (Lipinski definition) is 5. The highest BCUT2D eigenvalue weighted by Crippen LogP contribution is 2.60.